The van der Waals surface area contributed by atoms with Crippen molar-refractivity contribution in [3.63, 3.8) is 0 Å². The largest absolute Gasteiger partial charge is 0.459 e. The molecule has 110 valence electrons. The normalized spacial score (nSPS) is 13.8. The first-order valence-electron chi connectivity index (χ1n) is 7.33. The average Bonchev–Trinajstić information content (AvgIpc) is 2.90. The first kappa shape index (κ1) is 15.1. The fraction of sp³-hybridized carbons (Fsp3) is 0.529. The monoisotopic (exact) mass is 275 g/mol. The van der Waals surface area contributed by atoms with Crippen LogP contribution < -0.4 is 5.32 Å². The van der Waals surface area contributed by atoms with E-state index in [0.717, 1.165) is 29.6 Å². The van der Waals surface area contributed by atoms with Gasteiger partial charge < -0.3 is 14.5 Å². The Hall–Kier alpha value is -1.32. The summed E-state index contributed by atoms with van der Waals surface area (Å²) >= 11 is 0. The summed E-state index contributed by atoms with van der Waals surface area (Å²) in [7, 11) is 3.75. The lowest BCUT2D eigenvalue weighted by Crippen LogP contribution is -2.43. The highest BCUT2D eigenvalue weighted by Gasteiger charge is 2.38. The first-order chi connectivity index (χ1) is 9.61. The fourth-order valence-corrected chi connectivity index (χ4v) is 3.10. The minimum absolute atomic E-state index is 0.0503. The van der Waals surface area contributed by atoms with Gasteiger partial charge in [0.15, 0.2) is 0 Å². The van der Waals surface area contributed by atoms with Gasteiger partial charge in [-0.3, -0.25) is 0 Å². The first-order valence-corrected chi connectivity index (χ1v) is 7.33. The Morgan fingerprint density at radius 3 is 2.50 bits per heavy atom. The molecule has 0 spiro atoms. The topological polar surface area (TPSA) is 34.4 Å². The van der Waals surface area contributed by atoms with Crippen molar-refractivity contribution in [1.29, 1.82) is 0 Å². The molecule has 0 radical (unpaired) electrons. The number of hydrogen-bond donors (Lipinski definition) is 1. The minimum Gasteiger partial charge on any atom is -0.459 e. The second-order valence-corrected chi connectivity index (χ2v) is 5.34. The Morgan fingerprint density at radius 2 is 2.00 bits per heavy atom. The molecule has 1 N–H and O–H groups in total. The second-order valence-electron chi connectivity index (χ2n) is 5.34. The molecule has 2 aromatic rings. The summed E-state index contributed by atoms with van der Waals surface area (Å²) in [5.74, 6) is 0.947. The molecule has 1 heterocycles. The molecule has 0 aliphatic rings. The molecule has 0 bridgehead atoms. The number of benzene rings is 1. The number of furan rings is 1. The average molecular weight is 275 g/mol. The van der Waals surface area contributed by atoms with Crippen molar-refractivity contribution in [2.75, 3.05) is 14.2 Å². The van der Waals surface area contributed by atoms with E-state index in [9.17, 15) is 0 Å². The molecule has 0 aliphatic carbocycles. The third-order valence-corrected chi connectivity index (χ3v) is 4.46. The van der Waals surface area contributed by atoms with E-state index in [2.05, 4.69) is 50.4 Å². The van der Waals surface area contributed by atoms with Gasteiger partial charge in [0.1, 0.15) is 11.3 Å². The third-order valence-electron chi connectivity index (χ3n) is 4.46. The molecular formula is C17H25NO2. The van der Waals surface area contributed by atoms with E-state index in [1.54, 1.807) is 7.11 Å². The van der Waals surface area contributed by atoms with Gasteiger partial charge in [-0.2, -0.15) is 0 Å². The Labute approximate surface area is 121 Å². The lowest BCUT2D eigenvalue weighted by atomic mass is 9.86. The van der Waals surface area contributed by atoms with Gasteiger partial charge in [0.25, 0.3) is 0 Å². The van der Waals surface area contributed by atoms with Crippen LogP contribution in [0.3, 0.4) is 0 Å². The van der Waals surface area contributed by atoms with E-state index >= 15 is 0 Å². The molecule has 3 nitrogen and oxygen atoms in total. The number of methoxy groups -OCH3 is 1. The molecule has 0 fully saturated rings. The van der Waals surface area contributed by atoms with Gasteiger partial charge in [0.2, 0.25) is 0 Å². The number of para-hydroxylation sites is 1. The molecule has 1 atom stereocenters. The Bertz CT molecular complexity index is 561. The number of hydrogen-bond acceptors (Lipinski definition) is 3. The maximum absolute atomic E-state index is 6.12. The lowest BCUT2D eigenvalue weighted by Gasteiger charge is -2.37. The van der Waals surface area contributed by atoms with Crippen molar-refractivity contribution in [2.24, 2.45) is 0 Å². The molecule has 0 saturated carbocycles. The van der Waals surface area contributed by atoms with Crippen molar-refractivity contribution in [3.8, 4) is 0 Å². The quantitative estimate of drug-likeness (QED) is 0.857. The van der Waals surface area contributed by atoms with Gasteiger partial charge in [0, 0.05) is 12.5 Å². The van der Waals surface area contributed by atoms with Gasteiger partial charge in [0.05, 0.1) is 11.6 Å². The molecule has 1 aromatic carbocycles. The summed E-state index contributed by atoms with van der Waals surface area (Å²) in [6.07, 6.45) is 1.86. The van der Waals surface area contributed by atoms with Crippen LogP contribution in [-0.2, 0) is 4.74 Å². The SMILES string of the molecule is CCC(CC)(OC)C(NC)c1cc2cccc(C)c2o1. The van der Waals surface area contributed by atoms with Crippen molar-refractivity contribution >= 4 is 11.0 Å². The lowest BCUT2D eigenvalue weighted by molar-refractivity contribution is -0.0514. The van der Waals surface area contributed by atoms with Gasteiger partial charge in [-0.1, -0.05) is 32.0 Å². The predicted octanol–water partition coefficient (Wildman–Crippen LogP) is 4.21. The van der Waals surface area contributed by atoms with Crippen molar-refractivity contribution < 1.29 is 9.15 Å². The summed E-state index contributed by atoms with van der Waals surface area (Å²) < 4.78 is 12.0. The van der Waals surface area contributed by atoms with Crippen LogP contribution in [0, 0.1) is 6.92 Å². The standard InChI is InChI=1S/C17H25NO2/c1-6-17(7-2,19-5)16(18-4)14-11-13-10-8-9-12(3)15(13)20-14/h8-11,16,18H,6-7H2,1-5H3. The van der Waals surface area contributed by atoms with E-state index in [4.69, 9.17) is 9.15 Å². The molecule has 1 aromatic heterocycles. The maximum Gasteiger partial charge on any atom is 0.137 e. The van der Waals surface area contributed by atoms with E-state index in [-0.39, 0.29) is 11.6 Å². The molecule has 2 rings (SSSR count). The summed E-state index contributed by atoms with van der Waals surface area (Å²) in [6, 6.07) is 8.41. The van der Waals surface area contributed by atoms with Crippen LogP contribution in [0.2, 0.25) is 0 Å². The van der Waals surface area contributed by atoms with Crippen molar-refractivity contribution in [3.05, 3.63) is 35.6 Å². The molecule has 20 heavy (non-hydrogen) atoms. The molecular weight excluding hydrogens is 250 g/mol. The molecule has 0 aliphatic heterocycles. The zero-order chi connectivity index (χ0) is 14.8. The van der Waals surface area contributed by atoms with Crippen LogP contribution in [0.25, 0.3) is 11.0 Å². The molecule has 0 saturated heterocycles. The number of fused-ring (bicyclic) bond motifs is 1. The van der Waals surface area contributed by atoms with Gasteiger partial charge >= 0.3 is 0 Å². The highest BCUT2D eigenvalue weighted by molar-refractivity contribution is 5.81. The number of aryl methyl sites for hydroxylation is 1. The minimum atomic E-state index is -0.240. The molecule has 1 unspecified atom stereocenters. The summed E-state index contributed by atoms with van der Waals surface area (Å²) in [6.45, 7) is 6.39. The Balaban J connectivity index is 2.51. The highest BCUT2D eigenvalue weighted by Crippen LogP contribution is 2.37. The second kappa shape index (κ2) is 5.98. The fourth-order valence-electron chi connectivity index (χ4n) is 3.10. The zero-order valence-electron chi connectivity index (χ0n) is 13.1. The van der Waals surface area contributed by atoms with Crippen LogP contribution in [0.15, 0.2) is 28.7 Å². The summed E-state index contributed by atoms with van der Waals surface area (Å²) in [4.78, 5) is 0. The smallest absolute Gasteiger partial charge is 0.137 e. The van der Waals surface area contributed by atoms with Crippen LogP contribution in [0.1, 0.15) is 44.1 Å². The summed E-state index contributed by atoms with van der Waals surface area (Å²) in [5, 5.41) is 4.52. The van der Waals surface area contributed by atoms with Crippen molar-refractivity contribution in [1.82, 2.24) is 5.32 Å². The number of ether oxygens (including phenoxy) is 1. The summed E-state index contributed by atoms with van der Waals surface area (Å²) in [5.41, 5.74) is 1.90. The Morgan fingerprint density at radius 1 is 1.30 bits per heavy atom. The number of rotatable bonds is 6. The predicted molar refractivity (Wildman–Crippen MR) is 83.1 cm³/mol. The van der Waals surface area contributed by atoms with Gasteiger partial charge in [-0.05, 0) is 38.4 Å². The van der Waals surface area contributed by atoms with Gasteiger partial charge in [-0.15, -0.1) is 0 Å². The van der Waals surface area contributed by atoms with E-state index in [1.807, 2.05) is 7.05 Å². The van der Waals surface area contributed by atoms with Gasteiger partial charge in [-0.25, -0.2) is 0 Å². The van der Waals surface area contributed by atoms with Crippen LogP contribution in [-0.4, -0.2) is 19.8 Å². The van der Waals surface area contributed by atoms with Crippen LogP contribution in [0.5, 0.6) is 0 Å². The highest BCUT2D eigenvalue weighted by atomic mass is 16.5. The van der Waals surface area contributed by atoms with Crippen LogP contribution >= 0.6 is 0 Å². The Kier molecular flexibility index (Phi) is 4.51. The van der Waals surface area contributed by atoms with Crippen LogP contribution in [0.4, 0.5) is 0 Å². The third kappa shape index (κ3) is 2.36. The van der Waals surface area contributed by atoms with E-state index in [1.165, 1.54) is 5.56 Å². The number of nitrogens with one attached hydrogen (secondary N) is 1. The molecule has 0 amide bonds. The van der Waals surface area contributed by atoms with E-state index < -0.39 is 0 Å². The molecule has 3 heteroatoms. The maximum atomic E-state index is 6.12. The number of likely N-dealkylation sites (N-methyl/N-ethyl adjacent to an activating group) is 1. The van der Waals surface area contributed by atoms with Crippen molar-refractivity contribution in [2.45, 2.75) is 45.3 Å². The zero-order valence-corrected chi connectivity index (χ0v) is 13.1. The van der Waals surface area contributed by atoms with E-state index in [0.29, 0.717) is 0 Å².